The van der Waals surface area contributed by atoms with E-state index in [1.54, 1.807) is 14.2 Å². The smallest absolute Gasteiger partial charge is 0.187 e. The second-order valence-electron chi connectivity index (χ2n) is 7.17. The van der Waals surface area contributed by atoms with Gasteiger partial charge in [0.1, 0.15) is 24.4 Å². The van der Waals surface area contributed by atoms with Gasteiger partial charge in [0, 0.05) is 31.2 Å². The number of rotatable bonds is 13. The summed E-state index contributed by atoms with van der Waals surface area (Å²) in [6, 6.07) is 9.75. The minimum Gasteiger partial charge on any atom is -0.379 e. The number of azide groups is 1. The molecule has 0 aliphatic carbocycles. The predicted molar refractivity (Wildman–Crippen MR) is 112 cm³/mol. The molecule has 3 rings (SSSR count). The number of nitrogens with zero attached hydrogens (tertiary/aromatic N) is 3. The fourth-order valence-corrected chi connectivity index (χ4v) is 3.67. The molecule has 1 unspecified atom stereocenters. The summed E-state index contributed by atoms with van der Waals surface area (Å²) in [6.07, 6.45) is -2.69. The summed E-state index contributed by atoms with van der Waals surface area (Å²) in [7, 11) is 3.21. The molecule has 0 N–H and O–H groups in total. The van der Waals surface area contributed by atoms with Crippen LogP contribution < -0.4 is 0 Å². The average molecular weight is 453 g/mol. The molecule has 0 saturated carbocycles. The molecule has 0 aromatic heterocycles. The normalized spacial score (nSPS) is 29.8. The zero-order chi connectivity index (χ0) is 22.6. The van der Waals surface area contributed by atoms with Crippen LogP contribution in [0.1, 0.15) is 11.9 Å². The maximum Gasteiger partial charge on any atom is 0.187 e. The zero-order valence-corrected chi connectivity index (χ0v) is 18.4. The van der Waals surface area contributed by atoms with Crippen LogP contribution in [-0.2, 0) is 37.9 Å². The summed E-state index contributed by atoms with van der Waals surface area (Å²) in [5, 5.41) is 3.39. The maximum absolute atomic E-state index is 8.19. The van der Waals surface area contributed by atoms with Crippen molar-refractivity contribution < 1.29 is 37.9 Å². The van der Waals surface area contributed by atoms with Gasteiger partial charge in [0.25, 0.3) is 0 Å². The van der Waals surface area contributed by atoms with Gasteiger partial charge in [0.2, 0.25) is 0 Å². The molecular formula is C21H31N3O8. The Morgan fingerprint density at radius 2 is 1.69 bits per heavy atom. The highest BCUT2D eigenvalue weighted by atomic mass is 16.8. The third kappa shape index (κ3) is 6.85. The monoisotopic (exact) mass is 453 g/mol. The fourth-order valence-electron chi connectivity index (χ4n) is 3.67. The molecule has 1 aromatic rings. The lowest BCUT2D eigenvalue weighted by Gasteiger charge is -2.48. The van der Waals surface area contributed by atoms with Gasteiger partial charge in [-0.3, -0.25) is 0 Å². The van der Waals surface area contributed by atoms with Crippen molar-refractivity contribution in [2.75, 3.05) is 60.4 Å². The lowest BCUT2D eigenvalue weighted by molar-refractivity contribution is -0.366. The first-order valence-corrected chi connectivity index (χ1v) is 10.6. The molecule has 1 aromatic carbocycles. The van der Waals surface area contributed by atoms with Crippen LogP contribution >= 0.6 is 0 Å². The van der Waals surface area contributed by atoms with Crippen molar-refractivity contribution in [1.29, 1.82) is 0 Å². The molecule has 0 spiro atoms. The molecule has 2 fully saturated rings. The molecule has 6 atom stereocenters. The highest BCUT2D eigenvalue weighted by molar-refractivity contribution is 5.16. The van der Waals surface area contributed by atoms with Crippen molar-refractivity contribution in [2.45, 2.75) is 37.0 Å². The quantitative estimate of drug-likeness (QED) is 0.193. The van der Waals surface area contributed by atoms with Gasteiger partial charge < -0.3 is 37.9 Å². The van der Waals surface area contributed by atoms with Crippen LogP contribution in [0.4, 0.5) is 0 Å². The van der Waals surface area contributed by atoms with Crippen molar-refractivity contribution in [3.8, 4) is 0 Å². The van der Waals surface area contributed by atoms with Gasteiger partial charge >= 0.3 is 0 Å². The van der Waals surface area contributed by atoms with E-state index in [0.29, 0.717) is 46.2 Å². The predicted octanol–water partition coefficient (Wildman–Crippen LogP) is 2.22. The molecule has 178 valence electrons. The van der Waals surface area contributed by atoms with Crippen LogP contribution in [-0.4, -0.2) is 91.1 Å². The highest BCUT2D eigenvalue weighted by Crippen LogP contribution is 2.36. The first kappa shape index (κ1) is 24.8. The van der Waals surface area contributed by atoms with Crippen molar-refractivity contribution in [3.63, 3.8) is 0 Å². The fraction of sp³-hybridized carbons (Fsp3) is 0.714. The SMILES string of the molecule is CO[C@@H]1[C@H](OC)[C@@H](OCCOCCOCCN=[N+]=[N-])O[C@@H]2COC(c3ccccc3)O[C@@H]12. The number of methoxy groups -OCH3 is 2. The molecule has 11 heteroatoms. The van der Waals surface area contributed by atoms with E-state index in [0.717, 1.165) is 5.56 Å². The second-order valence-corrected chi connectivity index (χ2v) is 7.17. The highest BCUT2D eigenvalue weighted by Gasteiger charge is 2.51. The number of hydrogen-bond acceptors (Lipinski definition) is 9. The Balaban J connectivity index is 1.44. The molecule has 32 heavy (non-hydrogen) atoms. The molecule has 2 heterocycles. The minimum atomic E-state index is -0.643. The summed E-state index contributed by atoms with van der Waals surface area (Å²) in [5.74, 6) is 0. The van der Waals surface area contributed by atoms with Gasteiger partial charge in [0.15, 0.2) is 12.6 Å². The Bertz CT molecular complexity index is 706. The molecule has 2 saturated heterocycles. The Morgan fingerprint density at radius 3 is 2.41 bits per heavy atom. The van der Waals surface area contributed by atoms with Gasteiger partial charge in [-0.2, -0.15) is 0 Å². The van der Waals surface area contributed by atoms with E-state index in [4.69, 9.17) is 43.4 Å². The summed E-state index contributed by atoms with van der Waals surface area (Å²) in [4.78, 5) is 2.66. The van der Waals surface area contributed by atoms with Crippen molar-refractivity contribution >= 4 is 0 Å². The summed E-state index contributed by atoms with van der Waals surface area (Å²) >= 11 is 0. The van der Waals surface area contributed by atoms with E-state index < -0.39 is 18.7 Å². The molecule has 2 aliphatic rings. The standard InChI is InChI=1S/C21H31N3O8/c1-25-18-17-16(14-30-20(32-17)15-6-4-3-5-7-15)31-21(19(18)26-2)29-13-12-28-11-10-27-9-8-23-24-22/h3-7,16-21H,8-14H2,1-2H3/t16-,17-,18+,19+,20?,21+/m1/s1. The summed E-state index contributed by atoms with van der Waals surface area (Å²) in [6.45, 7) is 2.52. The number of ether oxygens (including phenoxy) is 8. The largest absolute Gasteiger partial charge is 0.379 e. The number of hydrogen-bond donors (Lipinski definition) is 0. The van der Waals surface area contributed by atoms with E-state index >= 15 is 0 Å². The molecule has 11 nitrogen and oxygen atoms in total. The van der Waals surface area contributed by atoms with Gasteiger partial charge in [-0.25, -0.2) is 0 Å². The first-order valence-electron chi connectivity index (χ1n) is 10.6. The van der Waals surface area contributed by atoms with Gasteiger partial charge in [-0.15, -0.1) is 0 Å². The number of fused-ring (bicyclic) bond motifs is 1. The minimum absolute atomic E-state index is 0.305. The maximum atomic E-state index is 8.19. The third-order valence-corrected chi connectivity index (χ3v) is 5.18. The van der Waals surface area contributed by atoms with E-state index in [1.165, 1.54) is 0 Å². The molecular weight excluding hydrogens is 422 g/mol. The van der Waals surface area contributed by atoms with Gasteiger partial charge in [0.05, 0.1) is 39.6 Å². The molecule has 0 amide bonds. The van der Waals surface area contributed by atoms with Crippen LogP contribution in [0.3, 0.4) is 0 Å². The molecule has 0 radical (unpaired) electrons. The first-order chi connectivity index (χ1) is 15.8. The van der Waals surface area contributed by atoms with Crippen LogP contribution in [0.15, 0.2) is 35.4 Å². The topological polar surface area (TPSA) is 123 Å². The summed E-state index contributed by atoms with van der Waals surface area (Å²) < 4.78 is 46.2. The summed E-state index contributed by atoms with van der Waals surface area (Å²) in [5.41, 5.74) is 9.13. The van der Waals surface area contributed by atoms with E-state index in [-0.39, 0.29) is 18.3 Å². The Kier molecular flexibility index (Phi) is 10.6. The van der Waals surface area contributed by atoms with Crippen LogP contribution in [0, 0.1) is 0 Å². The van der Waals surface area contributed by atoms with Crippen LogP contribution in [0.2, 0.25) is 0 Å². The zero-order valence-electron chi connectivity index (χ0n) is 18.4. The van der Waals surface area contributed by atoms with Crippen LogP contribution in [0.5, 0.6) is 0 Å². The molecule has 2 aliphatic heterocycles. The van der Waals surface area contributed by atoms with E-state index in [2.05, 4.69) is 10.0 Å². The Morgan fingerprint density at radius 1 is 0.969 bits per heavy atom. The van der Waals surface area contributed by atoms with Crippen LogP contribution in [0.25, 0.3) is 10.4 Å². The lowest BCUT2D eigenvalue weighted by atomic mass is 9.97. The van der Waals surface area contributed by atoms with E-state index in [9.17, 15) is 0 Å². The van der Waals surface area contributed by atoms with Crippen molar-refractivity contribution in [2.24, 2.45) is 5.11 Å². The van der Waals surface area contributed by atoms with E-state index in [1.807, 2.05) is 30.3 Å². The van der Waals surface area contributed by atoms with Crippen molar-refractivity contribution in [3.05, 3.63) is 46.3 Å². The second kappa shape index (κ2) is 13.7. The third-order valence-electron chi connectivity index (χ3n) is 5.18. The number of benzene rings is 1. The van der Waals surface area contributed by atoms with Gasteiger partial charge in [-0.05, 0) is 5.53 Å². The Hall–Kier alpha value is -1.79. The van der Waals surface area contributed by atoms with Crippen molar-refractivity contribution in [1.82, 2.24) is 0 Å². The Labute approximate surface area is 187 Å². The average Bonchev–Trinajstić information content (AvgIpc) is 2.84. The molecule has 0 bridgehead atoms. The lowest BCUT2D eigenvalue weighted by Crippen LogP contribution is -2.63. The van der Waals surface area contributed by atoms with Gasteiger partial charge in [-0.1, -0.05) is 35.4 Å².